The van der Waals surface area contributed by atoms with E-state index in [4.69, 9.17) is 4.74 Å². The summed E-state index contributed by atoms with van der Waals surface area (Å²) in [6.07, 6.45) is 1.71. The number of ether oxygens (including phenoxy) is 1. The molecule has 0 aliphatic carbocycles. The highest BCUT2D eigenvalue weighted by molar-refractivity contribution is 5.94. The van der Waals surface area contributed by atoms with Crippen LogP contribution in [-0.4, -0.2) is 29.5 Å². The Morgan fingerprint density at radius 3 is 2.83 bits per heavy atom. The topological polar surface area (TPSA) is 46.6 Å². The van der Waals surface area contributed by atoms with Crippen molar-refractivity contribution in [3.05, 3.63) is 48.6 Å². The number of benzene rings is 1. The highest BCUT2D eigenvalue weighted by Gasteiger charge is 2.36. The van der Waals surface area contributed by atoms with Crippen LogP contribution in [0.15, 0.2) is 43.0 Å². The number of hydrogen-bond acceptors (Lipinski definition) is 3. The normalized spacial score (nSPS) is 18.6. The number of carbonyl (C=O) groups is 2. The van der Waals surface area contributed by atoms with E-state index in [2.05, 4.69) is 6.58 Å². The zero-order chi connectivity index (χ0) is 13.0. The van der Waals surface area contributed by atoms with Crippen LogP contribution in [0, 0.1) is 0 Å². The Kier molecular flexibility index (Phi) is 3.77. The van der Waals surface area contributed by atoms with Gasteiger partial charge in [-0.1, -0.05) is 36.4 Å². The predicted molar refractivity (Wildman–Crippen MR) is 66.9 cm³/mol. The molecule has 4 nitrogen and oxygen atoms in total. The van der Waals surface area contributed by atoms with E-state index in [9.17, 15) is 9.59 Å². The van der Waals surface area contributed by atoms with Crippen molar-refractivity contribution in [1.29, 1.82) is 0 Å². The molecular weight excluding hydrogens is 230 g/mol. The van der Waals surface area contributed by atoms with Crippen molar-refractivity contribution >= 4 is 12.0 Å². The molecule has 94 valence electrons. The summed E-state index contributed by atoms with van der Waals surface area (Å²) in [4.78, 5) is 24.6. The summed E-state index contributed by atoms with van der Waals surface area (Å²) in [5, 5.41) is 0. The van der Waals surface area contributed by atoms with E-state index in [1.54, 1.807) is 0 Å². The highest BCUT2D eigenvalue weighted by Crippen LogP contribution is 2.18. The molecule has 1 aliphatic heterocycles. The zero-order valence-electron chi connectivity index (χ0n) is 10.0. The first-order chi connectivity index (χ1) is 8.72. The second kappa shape index (κ2) is 5.49. The van der Waals surface area contributed by atoms with Crippen LogP contribution in [0.3, 0.4) is 0 Å². The minimum absolute atomic E-state index is 0.153. The maximum atomic E-state index is 11.8. The third kappa shape index (κ3) is 2.59. The first-order valence-electron chi connectivity index (χ1n) is 5.86. The molecule has 1 saturated heterocycles. The fourth-order valence-electron chi connectivity index (χ4n) is 2.02. The molecule has 0 bridgehead atoms. The van der Waals surface area contributed by atoms with Crippen LogP contribution < -0.4 is 0 Å². The molecule has 0 radical (unpaired) electrons. The standard InChI is InChI=1S/C14H15NO3/c1-2-6-13(16)15-12(10-18-14(15)17)9-11-7-4-3-5-8-11/h2-5,7-8,12H,1,6,9-10H2. The molecule has 2 amide bonds. The van der Waals surface area contributed by atoms with Gasteiger partial charge in [-0.05, 0) is 12.0 Å². The molecule has 0 aromatic heterocycles. The van der Waals surface area contributed by atoms with Gasteiger partial charge in [0.25, 0.3) is 0 Å². The molecule has 4 heteroatoms. The Bertz CT molecular complexity index is 455. The van der Waals surface area contributed by atoms with Crippen molar-refractivity contribution in [3.8, 4) is 0 Å². The molecule has 1 heterocycles. The zero-order valence-corrected chi connectivity index (χ0v) is 10.0. The molecule has 0 spiro atoms. The largest absolute Gasteiger partial charge is 0.447 e. The predicted octanol–water partition coefficient (Wildman–Crippen LogP) is 2.15. The van der Waals surface area contributed by atoms with Crippen molar-refractivity contribution in [2.24, 2.45) is 0 Å². The van der Waals surface area contributed by atoms with E-state index in [0.717, 1.165) is 5.56 Å². The number of rotatable bonds is 4. The summed E-state index contributed by atoms with van der Waals surface area (Å²) in [5.41, 5.74) is 1.08. The summed E-state index contributed by atoms with van der Waals surface area (Å²) in [5.74, 6) is -0.256. The fourth-order valence-corrected chi connectivity index (χ4v) is 2.02. The van der Waals surface area contributed by atoms with E-state index in [1.165, 1.54) is 11.0 Å². The van der Waals surface area contributed by atoms with Gasteiger partial charge in [-0.3, -0.25) is 4.79 Å². The molecule has 0 N–H and O–H groups in total. The minimum Gasteiger partial charge on any atom is -0.447 e. The first-order valence-corrected chi connectivity index (χ1v) is 5.86. The summed E-state index contributed by atoms with van der Waals surface area (Å²) in [7, 11) is 0. The molecule has 1 aromatic rings. The van der Waals surface area contributed by atoms with Crippen LogP contribution in [-0.2, 0) is 16.0 Å². The van der Waals surface area contributed by atoms with Gasteiger partial charge in [0.1, 0.15) is 6.61 Å². The quantitative estimate of drug-likeness (QED) is 0.764. The lowest BCUT2D eigenvalue weighted by molar-refractivity contribution is -0.128. The molecule has 1 aromatic carbocycles. The summed E-state index contributed by atoms with van der Waals surface area (Å²) >= 11 is 0. The van der Waals surface area contributed by atoms with Crippen LogP contribution >= 0.6 is 0 Å². The Hall–Kier alpha value is -2.10. The van der Waals surface area contributed by atoms with Gasteiger partial charge in [0.15, 0.2) is 0 Å². The van der Waals surface area contributed by atoms with E-state index >= 15 is 0 Å². The average molecular weight is 245 g/mol. The van der Waals surface area contributed by atoms with Gasteiger partial charge in [-0.15, -0.1) is 6.58 Å². The Labute approximate surface area is 106 Å². The second-order valence-corrected chi connectivity index (χ2v) is 4.18. The van der Waals surface area contributed by atoms with Gasteiger partial charge in [-0.2, -0.15) is 0 Å². The number of amides is 2. The second-order valence-electron chi connectivity index (χ2n) is 4.18. The van der Waals surface area contributed by atoms with Gasteiger partial charge in [-0.25, -0.2) is 9.69 Å². The molecule has 0 saturated carbocycles. The van der Waals surface area contributed by atoms with Crippen LogP contribution in [0.4, 0.5) is 4.79 Å². The minimum atomic E-state index is -0.553. The van der Waals surface area contributed by atoms with Gasteiger partial charge in [0.05, 0.1) is 6.04 Å². The Morgan fingerprint density at radius 2 is 2.17 bits per heavy atom. The van der Waals surface area contributed by atoms with Gasteiger partial charge < -0.3 is 4.74 Å². The average Bonchev–Trinajstić information content (AvgIpc) is 2.72. The van der Waals surface area contributed by atoms with Crippen LogP contribution in [0.2, 0.25) is 0 Å². The molecule has 2 rings (SSSR count). The molecule has 1 unspecified atom stereocenters. The van der Waals surface area contributed by atoms with E-state index in [0.29, 0.717) is 6.42 Å². The molecule has 1 fully saturated rings. The molecule has 1 aliphatic rings. The Morgan fingerprint density at radius 1 is 1.44 bits per heavy atom. The van der Waals surface area contributed by atoms with Crippen LogP contribution in [0.1, 0.15) is 12.0 Å². The van der Waals surface area contributed by atoms with Crippen molar-refractivity contribution in [1.82, 2.24) is 4.90 Å². The third-order valence-electron chi connectivity index (χ3n) is 2.86. The number of nitrogens with zero attached hydrogens (tertiary/aromatic N) is 1. The van der Waals surface area contributed by atoms with Gasteiger partial charge >= 0.3 is 6.09 Å². The number of carbonyl (C=O) groups excluding carboxylic acids is 2. The smallest absolute Gasteiger partial charge is 0.416 e. The van der Waals surface area contributed by atoms with Crippen molar-refractivity contribution in [3.63, 3.8) is 0 Å². The van der Waals surface area contributed by atoms with Gasteiger partial charge in [0, 0.05) is 6.42 Å². The fraction of sp³-hybridized carbons (Fsp3) is 0.286. The maximum Gasteiger partial charge on any atom is 0.416 e. The third-order valence-corrected chi connectivity index (χ3v) is 2.86. The summed E-state index contributed by atoms with van der Waals surface area (Å²) in [6, 6.07) is 9.52. The van der Waals surface area contributed by atoms with Crippen LogP contribution in [0.25, 0.3) is 0 Å². The molecule has 1 atom stereocenters. The maximum absolute atomic E-state index is 11.8. The van der Waals surface area contributed by atoms with E-state index < -0.39 is 6.09 Å². The lowest BCUT2D eigenvalue weighted by Crippen LogP contribution is -2.39. The molecular formula is C14H15NO3. The summed E-state index contributed by atoms with van der Waals surface area (Å²) in [6.45, 7) is 3.77. The summed E-state index contributed by atoms with van der Waals surface area (Å²) < 4.78 is 4.95. The van der Waals surface area contributed by atoms with Crippen molar-refractivity contribution < 1.29 is 14.3 Å². The lowest BCUT2D eigenvalue weighted by Gasteiger charge is -2.18. The van der Waals surface area contributed by atoms with Gasteiger partial charge in [0.2, 0.25) is 5.91 Å². The monoisotopic (exact) mass is 245 g/mol. The van der Waals surface area contributed by atoms with Crippen LogP contribution in [0.5, 0.6) is 0 Å². The number of cyclic esters (lactones) is 1. The van der Waals surface area contributed by atoms with Crippen molar-refractivity contribution in [2.45, 2.75) is 18.9 Å². The number of hydrogen-bond donors (Lipinski definition) is 0. The number of imide groups is 1. The van der Waals surface area contributed by atoms with E-state index in [-0.39, 0.29) is 25.0 Å². The first kappa shape index (κ1) is 12.4. The lowest BCUT2D eigenvalue weighted by atomic mass is 10.1. The molecule has 18 heavy (non-hydrogen) atoms. The highest BCUT2D eigenvalue weighted by atomic mass is 16.6. The Balaban J connectivity index is 2.09. The van der Waals surface area contributed by atoms with E-state index in [1.807, 2.05) is 30.3 Å². The van der Waals surface area contributed by atoms with Crippen molar-refractivity contribution in [2.75, 3.05) is 6.61 Å². The SMILES string of the molecule is C=CCC(=O)N1C(=O)OCC1Cc1ccccc1.